The van der Waals surface area contributed by atoms with Crippen LogP contribution in [0, 0.1) is 12.8 Å². The zero-order valence-corrected chi connectivity index (χ0v) is 16.9. The summed E-state index contributed by atoms with van der Waals surface area (Å²) in [6.07, 6.45) is 5.29. The molecule has 1 aromatic rings. The molecule has 1 heterocycles. The van der Waals surface area contributed by atoms with Gasteiger partial charge in [0.15, 0.2) is 5.96 Å². The molecule has 1 aromatic heterocycles. The van der Waals surface area contributed by atoms with E-state index in [-0.39, 0.29) is 24.0 Å². The molecule has 4 nitrogen and oxygen atoms in total. The van der Waals surface area contributed by atoms with Gasteiger partial charge in [0, 0.05) is 37.1 Å². The van der Waals surface area contributed by atoms with Gasteiger partial charge in [-0.1, -0.05) is 13.8 Å². The Bertz CT molecular complexity index is 418. The topological polar surface area (TPSA) is 49.3 Å². The molecule has 0 saturated carbocycles. The molecule has 1 rings (SSSR count). The van der Waals surface area contributed by atoms with Crippen LogP contribution in [-0.4, -0.2) is 30.6 Å². The summed E-state index contributed by atoms with van der Waals surface area (Å²) in [6, 6.07) is 0.450. The molecule has 21 heavy (non-hydrogen) atoms. The number of aryl methyl sites for hydroxylation is 1. The van der Waals surface area contributed by atoms with Crippen LogP contribution >= 0.6 is 35.3 Å². The van der Waals surface area contributed by atoms with E-state index >= 15 is 0 Å². The summed E-state index contributed by atoms with van der Waals surface area (Å²) in [7, 11) is 1.82. The number of hydrogen-bond donors (Lipinski definition) is 2. The Hall–Kier alpha value is -0.370. The third kappa shape index (κ3) is 9.29. The van der Waals surface area contributed by atoms with Crippen molar-refractivity contribution in [1.82, 2.24) is 15.6 Å². The van der Waals surface area contributed by atoms with E-state index in [0.29, 0.717) is 6.04 Å². The van der Waals surface area contributed by atoms with Crippen molar-refractivity contribution in [2.45, 2.75) is 53.0 Å². The summed E-state index contributed by atoms with van der Waals surface area (Å²) in [4.78, 5) is 9.90. The van der Waals surface area contributed by atoms with Crippen LogP contribution in [0.4, 0.5) is 0 Å². The van der Waals surface area contributed by atoms with Crippen molar-refractivity contribution < 1.29 is 0 Å². The van der Waals surface area contributed by atoms with E-state index in [1.807, 2.05) is 13.2 Å². The quantitative estimate of drug-likeness (QED) is 0.400. The number of nitrogens with zero attached hydrogens (tertiary/aromatic N) is 2. The van der Waals surface area contributed by atoms with Crippen LogP contribution in [0.15, 0.2) is 11.2 Å². The highest BCUT2D eigenvalue weighted by molar-refractivity contribution is 14.0. The van der Waals surface area contributed by atoms with Crippen molar-refractivity contribution in [1.29, 1.82) is 0 Å². The van der Waals surface area contributed by atoms with Gasteiger partial charge in [-0.15, -0.1) is 35.3 Å². The molecule has 0 aliphatic carbocycles. The van der Waals surface area contributed by atoms with Gasteiger partial charge in [-0.05, 0) is 32.6 Å². The maximum absolute atomic E-state index is 4.37. The summed E-state index contributed by atoms with van der Waals surface area (Å²) in [5.41, 5.74) is 0. The van der Waals surface area contributed by atoms with E-state index in [2.05, 4.69) is 48.3 Å². The third-order valence-electron chi connectivity index (χ3n) is 3.08. The minimum absolute atomic E-state index is 0. The fourth-order valence-corrected chi connectivity index (χ4v) is 2.67. The lowest BCUT2D eigenvalue weighted by atomic mass is 10.0. The average Bonchev–Trinajstić information content (AvgIpc) is 2.81. The second-order valence-corrected chi connectivity index (χ2v) is 6.95. The van der Waals surface area contributed by atoms with Gasteiger partial charge in [0.1, 0.15) is 0 Å². The predicted molar refractivity (Wildman–Crippen MR) is 104 cm³/mol. The Morgan fingerprint density at radius 1 is 1.33 bits per heavy atom. The predicted octanol–water partition coefficient (Wildman–Crippen LogP) is 3.60. The fraction of sp³-hybridized carbons (Fsp3) is 0.733. The Morgan fingerprint density at radius 2 is 2.05 bits per heavy atom. The van der Waals surface area contributed by atoms with Crippen LogP contribution in [-0.2, 0) is 6.42 Å². The summed E-state index contributed by atoms with van der Waals surface area (Å²) in [5.74, 6) is 1.64. The average molecular weight is 424 g/mol. The largest absolute Gasteiger partial charge is 0.356 e. The molecule has 6 heteroatoms. The monoisotopic (exact) mass is 424 g/mol. The van der Waals surface area contributed by atoms with Gasteiger partial charge < -0.3 is 10.6 Å². The first-order valence-electron chi connectivity index (χ1n) is 7.39. The molecular formula is C15H29IN4S. The number of aromatic nitrogens is 1. The van der Waals surface area contributed by atoms with Gasteiger partial charge in [0.05, 0.1) is 5.01 Å². The van der Waals surface area contributed by atoms with Crippen LogP contribution in [0.5, 0.6) is 0 Å². The molecule has 0 aromatic carbocycles. The molecule has 1 unspecified atom stereocenters. The molecule has 122 valence electrons. The molecule has 0 bridgehead atoms. The van der Waals surface area contributed by atoms with Crippen LogP contribution in [0.25, 0.3) is 0 Å². The molecule has 2 N–H and O–H groups in total. The van der Waals surface area contributed by atoms with Gasteiger partial charge in [-0.25, -0.2) is 4.98 Å². The molecule has 0 fully saturated rings. The molecule has 1 atom stereocenters. The standard InChI is InChI=1S/C15H28N4S.HI/c1-11(2)6-7-12(3)19-15(16-5)17-9-8-14-18-10-13(4)20-14;/h10-12H,6-9H2,1-5H3,(H2,16,17,19);1H. The summed E-state index contributed by atoms with van der Waals surface area (Å²) >= 11 is 1.76. The molecule has 0 aliphatic rings. The molecule has 0 radical (unpaired) electrons. The van der Waals surface area contributed by atoms with Crippen molar-refractivity contribution in [2.75, 3.05) is 13.6 Å². The first-order chi connectivity index (χ1) is 9.51. The first-order valence-corrected chi connectivity index (χ1v) is 8.21. The highest BCUT2D eigenvalue weighted by Crippen LogP contribution is 2.11. The van der Waals surface area contributed by atoms with Crippen LogP contribution in [0.3, 0.4) is 0 Å². The third-order valence-corrected chi connectivity index (χ3v) is 4.06. The highest BCUT2D eigenvalue weighted by atomic mass is 127. The zero-order chi connectivity index (χ0) is 15.0. The SMILES string of the molecule is CN=C(NCCc1ncc(C)s1)NC(C)CCC(C)C.I. The maximum atomic E-state index is 4.37. The van der Waals surface area contributed by atoms with Crippen molar-refractivity contribution in [3.8, 4) is 0 Å². The highest BCUT2D eigenvalue weighted by Gasteiger charge is 2.06. The van der Waals surface area contributed by atoms with E-state index in [0.717, 1.165) is 24.8 Å². The minimum atomic E-state index is 0. The van der Waals surface area contributed by atoms with E-state index in [1.165, 1.54) is 22.7 Å². The molecule has 0 spiro atoms. The number of nitrogens with one attached hydrogen (secondary N) is 2. The lowest BCUT2D eigenvalue weighted by Gasteiger charge is -2.18. The maximum Gasteiger partial charge on any atom is 0.191 e. The van der Waals surface area contributed by atoms with Crippen molar-refractivity contribution in [2.24, 2.45) is 10.9 Å². The summed E-state index contributed by atoms with van der Waals surface area (Å²) in [6.45, 7) is 9.68. The van der Waals surface area contributed by atoms with E-state index < -0.39 is 0 Å². The van der Waals surface area contributed by atoms with Crippen LogP contribution < -0.4 is 10.6 Å². The van der Waals surface area contributed by atoms with Gasteiger partial charge >= 0.3 is 0 Å². The van der Waals surface area contributed by atoms with Crippen LogP contribution in [0.2, 0.25) is 0 Å². The van der Waals surface area contributed by atoms with Gasteiger partial charge in [-0.2, -0.15) is 0 Å². The van der Waals surface area contributed by atoms with Crippen molar-refractivity contribution in [3.05, 3.63) is 16.1 Å². The van der Waals surface area contributed by atoms with E-state index in [9.17, 15) is 0 Å². The Balaban J connectivity index is 0.00000400. The minimum Gasteiger partial charge on any atom is -0.356 e. The van der Waals surface area contributed by atoms with Gasteiger partial charge in [0.2, 0.25) is 0 Å². The molecule has 0 saturated heterocycles. The Kier molecular flexibility index (Phi) is 11.0. The van der Waals surface area contributed by atoms with Gasteiger partial charge in [0.25, 0.3) is 0 Å². The normalized spacial score (nSPS) is 13.0. The lowest BCUT2D eigenvalue weighted by Crippen LogP contribution is -2.43. The Labute approximate surface area is 150 Å². The van der Waals surface area contributed by atoms with E-state index in [1.54, 1.807) is 11.3 Å². The van der Waals surface area contributed by atoms with Crippen molar-refractivity contribution >= 4 is 41.3 Å². The number of thiazole rings is 1. The summed E-state index contributed by atoms with van der Waals surface area (Å²) in [5, 5.41) is 7.97. The Morgan fingerprint density at radius 3 is 2.57 bits per heavy atom. The molecular weight excluding hydrogens is 395 g/mol. The molecule has 0 aliphatic heterocycles. The fourth-order valence-electron chi connectivity index (χ4n) is 1.89. The number of guanidine groups is 1. The second-order valence-electron chi connectivity index (χ2n) is 5.63. The van der Waals surface area contributed by atoms with E-state index in [4.69, 9.17) is 0 Å². The smallest absolute Gasteiger partial charge is 0.191 e. The number of hydrogen-bond acceptors (Lipinski definition) is 3. The summed E-state index contributed by atoms with van der Waals surface area (Å²) < 4.78 is 0. The first kappa shape index (κ1) is 20.6. The zero-order valence-electron chi connectivity index (χ0n) is 13.8. The number of halogens is 1. The van der Waals surface area contributed by atoms with Crippen LogP contribution in [0.1, 0.15) is 43.5 Å². The van der Waals surface area contributed by atoms with Gasteiger partial charge in [-0.3, -0.25) is 4.99 Å². The lowest BCUT2D eigenvalue weighted by molar-refractivity contribution is 0.489. The van der Waals surface area contributed by atoms with Crippen molar-refractivity contribution in [3.63, 3.8) is 0 Å². The number of aliphatic imine (C=N–C) groups is 1. The molecule has 0 amide bonds. The number of rotatable bonds is 7. The second kappa shape index (κ2) is 11.2.